The number of nitro groups is 1. The molecule has 0 amide bonds. The summed E-state index contributed by atoms with van der Waals surface area (Å²) in [6.07, 6.45) is 3.71. The maximum absolute atomic E-state index is 10.8. The molecule has 0 aromatic heterocycles. The topological polar surface area (TPSA) is 90.4 Å². The Morgan fingerprint density at radius 1 is 1.50 bits per heavy atom. The Morgan fingerprint density at radius 3 is 2.89 bits per heavy atom. The Hall–Kier alpha value is -1.66. The lowest BCUT2D eigenvalue weighted by atomic mass is 10.2. The minimum absolute atomic E-state index is 0.0270. The smallest absolute Gasteiger partial charge is 0.294 e. The molecule has 0 heterocycles. The van der Waals surface area contributed by atoms with Gasteiger partial charge in [0.25, 0.3) is 5.69 Å². The lowest BCUT2D eigenvalue weighted by Crippen LogP contribution is -2.09. The summed E-state index contributed by atoms with van der Waals surface area (Å²) in [5.41, 5.74) is 3.38. The average Bonchev–Trinajstić information content (AvgIpc) is 3.18. The molecule has 3 N–H and O–H groups in total. The quantitative estimate of drug-likeness (QED) is 0.335. The predicted octanol–water partition coefficient (Wildman–Crippen LogP) is 2.20. The second-order valence-corrected chi connectivity index (χ2v) is 4.54. The number of benzene rings is 1. The van der Waals surface area contributed by atoms with Crippen molar-refractivity contribution in [3.8, 4) is 0 Å². The summed E-state index contributed by atoms with van der Waals surface area (Å²) < 4.78 is 5.50. The van der Waals surface area contributed by atoms with E-state index in [2.05, 4.69) is 5.43 Å². The molecule has 1 aromatic carbocycles. The maximum Gasteiger partial charge on any atom is 0.294 e. The third-order valence-electron chi connectivity index (χ3n) is 3.05. The molecular formula is C12H17N3O3. The van der Waals surface area contributed by atoms with Crippen molar-refractivity contribution in [1.29, 1.82) is 0 Å². The van der Waals surface area contributed by atoms with Crippen LogP contribution in [-0.2, 0) is 11.3 Å². The molecule has 1 aliphatic rings. The number of nitro benzene ring substituents is 1. The molecule has 0 saturated heterocycles. The first kappa shape index (κ1) is 12.8. The van der Waals surface area contributed by atoms with Crippen LogP contribution in [0.15, 0.2) is 18.2 Å². The van der Waals surface area contributed by atoms with E-state index >= 15 is 0 Å². The zero-order valence-electron chi connectivity index (χ0n) is 10.1. The van der Waals surface area contributed by atoms with Crippen LogP contribution in [0, 0.1) is 16.0 Å². The molecule has 98 valence electrons. The summed E-state index contributed by atoms with van der Waals surface area (Å²) in [5, 5.41) is 10.8. The van der Waals surface area contributed by atoms with Gasteiger partial charge in [-0.15, -0.1) is 0 Å². The van der Waals surface area contributed by atoms with Crippen molar-refractivity contribution in [2.75, 3.05) is 12.0 Å². The van der Waals surface area contributed by atoms with Crippen molar-refractivity contribution in [2.45, 2.75) is 25.9 Å². The molecule has 0 radical (unpaired) electrons. The molecular weight excluding hydrogens is 234 g/mol. The van der Waals surface area contributed by atoms with Gasteiger partial charge in [-0.1, -0.05) is 18.9 Å². The normalized spacial score (nSPS) is 14.5. The summed E-state index contributed by atoms with van der Waals surface area (Å²) in [7, 11) is 0. The van der Waals surface area contributed by atoms with Gasteiger partial charge in [-0.25, -0.2) is 0 Å². The minimum Gasteiger partial charge on any atom is -0.377 e. The Balaban J connectivity index is 1.90. The molecule has 6 nitrogen and oxygen atoms in total. The Morgan fingerprint density at radius 2 is 2.28 bits per heavy atom. The highest BCUT2D eigenvalue weighted by Gasteiger charge is 2.20. The molecule has 6 heteroatoms. The van der Waals surface area contributed by atoms with Crippen LogP contribution < -0.4 is 11.3 Å². The molecule has 18 heavy (non-hydrogen) atoms. The van der Waals surface area contributed by atoms with Gasteiger partial charge < -0.3 is 10.2 Å². The van der Waals surface area contributed by atoms with Crippen LogP contribution in [0.2, 0.25) is 0 Å². The molecule has 0 spiro atoms. The number of hydrazine groups is 1. The zero-order chi connectivity index (χ0) is 13.0. The Labute approximate surface area is 105 Å². The summed E-state index contributed by atoms with van der Waals surface area (Å²) >= 11 is 0. The summed E-state index contributed by atoms with van der Waals surface area (Å²) in [6.45, 7) is 1.12. The fraction of sp³-hybridized carbons (Fsp3) is 0.500. The van der Waals surface area contributed by atoms with E-state index < -0.39 is 4.92 Å². The number of hydrogen-bond acceptors (Lipinski definition) is 5. The van der Waals surface area contributed by atoms with Crippen LogP contribution in [0.1, 0.15) is 24.8 Å². The molecule has 1 aliphatic carbocycles. The van der Waals surface area contributed by atoms with Gasteiger partial charge in [0.05, 0.1) is 11.5 Å². The molecule has 0 aliphatic heterocycles. The second-order valence-electron chi connectivity index (χ2n) is 4.54. The van der Waals surface area contributed by atoms with Crippen molar-refractivity contribution >= 4 is 11.4 Å². The van der Waals surface area contributed by atoms with Gasteiger partial charge in [-0.2, -0.15) is 0 Å². The van der Waals surface area contributed by atoms with Crippen molar-refractivity contribution in [3.05, 3.63) is 33.9 Å². The summed E-state index contributed by atoms with van der Waals surface area (Å²) in [5.74, 6) is 6.05. The van der Waals surface area contributed by atoms with Gasteiger partial charge in [-0.05, 0) is 24.0 Å². The number of nitrogens with zero attached hydrogens (tertiary/aromatic N) is 1. The van der Waals surface area contributed by atoms with Crippen LogP contribution in [-0.4, -0.2) is 11.5 Å². The highest BCUT2D eigenvalue weighted by atomic mass is 16.6. The van der Waals surface area contributed by atoms with Gasteiger partial charge >= 0.3 is 0 Å². The van der Waals surface area contributed by atoms with Crippen molar-refractivity contribution in [1.82, 2.24) is 0 Å². The summed E-state index contributed by atoms with van der Waals surface area (Å²) in [4.78, 5) is 10.4. The monoisotopic (exact) mass is 251 g/mol. The molecule has 0 bridgehead atoms. The predicted molar refractivity (Wildman–Crippen MR) is 67.9 cm³/mol. The van der Waals surface area contributed by atoms with Crippen LogP contribution in [0.4, 0.5) is 11.4 Å². The molecule has 0 unspecified atom stereocenters. The SMILES string of the molecule is NNc1ccc(COCCC2CC2)cc1[N+](=O)[O-]. The van der Waals surface area contributed by atoms with E-state index in [-0.39, 0.29) is 5.69 Å². The van der Waals surface area contributed by atoms with E-state index in [1.807, 2.05) is 0 Å². The fourth-order valence-corrected chi connectivity index (χ4v) is 1.79. The first-order valence-corrected chi connectivity index (χ1v) is 6.02. The van der Waals surface area contributed by atoms with Crippen LogP contribution >= 0.6 is 0 Å². The molecule has 1 saturated carbocycles. The van der Waals surface area contributed by atoms with Gasteiger partial charge in [0.15, 0.2) is 0 Å². The standard InChI is InChI=1S/C12H17N3O3/c13-14-11-4-3-10(7-12(11)15(16)17)8-18-6-5-9-1-2-9/h3-4,7,9,14H,1-2,5-6,8,13H2. The third kappa shape index (κ3) is 3.41. The van der Waals surface area contributed by atoms with E-state index in [4.69, 9.17) is 10.6 Å². The average molecular weight is 251 g/mol. The largest absolute Gasteiger partial charge is 0.377 e. The van der Waals surface area contributed by atoms with Crippen LogP contribution in [0.25, 0.3) is 0 Å². The van der Waals surface area contributed by atoms with Gasteiger partial charge in [0.2, 0.25) is 0 Å². The van der Waals surface area contributed by atoms with Crippen molar-refractivity contribution < 1.29 is 9.66 Å². The minimum atomic E-state index is -0.455. The van der Waals surface area contributed by atoms with E-state index in [0.717, 1.165) is 24.5 Å². The molecule has 1 aromatic rings. The number of nitrogens with two attached hydrogens (primary N) is 1. The number of nitrogen functional groups attached to an aromatic ring is 1. The van der Waals surface area contributed by atoms with E-state index in [1.165, 1.54) is 18.9 Å². The van der Waals surface area contributed by atoms with E-state index in [0.29, 0.717) is 12.3 Å². The van der Waals surface area contributed by atoms with E-state index in [9.17, 15) is 10.1 Å². The highest BCUT2D eigenvalue weighted by molar-refractivity contribution is 5.61. The number of rotatable bonds is 7. The van der Waals surface area contributed by atoms with Crippen molar-refractivity contribution in [3.63, 3.8) is 0 Å². The summed E-state index contributed by atoms with van der Waals surface area (Å²) in [6, 6.07) is 4.86. The van der Waals surface area contributed by atoms with Crippen LogP contribution in [0.5, 0.6) is 0 Å². The zero-order valence-corrected chi connectivity index (χ0v) is 10.1. The first-order valence-electron chi connectivity index (χ1n) is 6.02. The fourth-order valence-electron chi connectivity index (χ4n) is 1.79. The first-order chi connectivity index (χ1) is 8.70. The van der Waals surface area contributed by atoms with Crippen molar-refractivity contribution in [2.24, 2.45) is 11.8 Å². The lowest BCUT2D eigenvalue weighted by Gasteiger charge is -2.06. The number of ether oxygens (including phenoxy) is 1. The van der Waals surface area contributed by atoms with Gasteiger partial charge in [-0.3, -0.25) is 16.0 Å². The highest BCUT2D eigenvalue weighted by Crippen LogP contribution is 2.32. The Bertz CT molecular complexity index is 433. The molecule has 2 rings (SSSR count). The second kappa shape index (κ2) is 5.79. The molecule has 0 atom stereocenters. The lowest BCUT2D eigenvalue weighted by molar-refractivity contribution is -0.384. The van der Waals surface area contributed by atoms with E-state index in [1.54, 1.807) is 12.1 Å². The third-order valence-corrected chi connectivity index (χ3v) is 3.05. The van der Waals surface area contributed by atoms with Gasteiger partial charge in [0, 0.05) is 12.7 Å². The van der Waals surface area contributed by atoms with Crippen LogP contribution in [0.3, 0.4) is 0 Å². The maximum atomic E-state index is 10.8. The van der Waals surface area contributed by atoms with Gasteiger partial charge in [0.1, 0.15) is 5.69 Å². The number of hydrogen-bond donors (Lipinski definition) is 2. The Kier molecular flexibility index (Phi) is 4.11. The molecule has 1 fully saturated rings. The number of nitrogens with one attached hydrogen (secondary N) is 1. The number of anilines is 1.